The highest BCUT2D eigenvalue weighted by atomic mass is 79.9. The molecule has 0 spiro atoms. The normalized spacial score (nSPS) is 12.3. The fraction of sp³-hybridized carbons (Fsp3) is 0.143. The first-order valence-corrected chi connectivity index (χ1v) is 7.68. The molecule has 0 bridgehead atoms. The SMILES string of the molecule is CC(Nc1ccc(F)c(Br)c1)c1ccc(Cl)c(Cl)c1Cl. The van der Waals surface area contributed by atoms with Gasteiger partial charge in [0.05, 0.1) is 25.6 Å². The van der Waals surface area contributed by atoms with Crippen LogP contribution in [0.2, 0.25) is 15.1 Å². The van der Waals surface area contributed by atoms with Crippen molar-refractivity contribution in [2.75, 3.05) is 5.32 Å². The topological polar surface area (TPSA) is 12.0 Å². The van der Waals surface area contributed by atoms with E-state index in [1.165, 1.54) is 6.07 Å². The Kier molecular flexibility index (Phi) is 5.19. The average Bonchev–Trinajstić information content (AvgIpc) is 2.40. The van der Waals surface area contributed by atoms with Crippen molar-refractivity contribution in [1.82, 2.24) is 0 Å². The molecule has 0 aliphatic rings. The minimum atomic E-state index is -0.309. The van der Waals surface area contributed by atoms with E-state index in [9.17, 15) is 4.39 Å². The molecule has 0 aliphatic carbocycles. The van der Waals surface area contributed by atoms with Gasteiger partial charge >= 0.3 is 0 Å². The van der Waals surface area contributed by atoms with E-state index in [0.717, 1.165) is 11.3 Å². The lowest BCUT2D eigenvalue weighted by molar-refractivity contribution is 0.621. The van der Waals surface area contributed by atoms with Crippen molar-refractivity contribution in [3.63, 3.8) is 0 Å². The van der Waals surface area contributed by atoms with Crippen LogP contribution in [-0.2, 0) is 0 Å². The number of rotatable bonds is 3. The van der Waals surface area contributed by atoms with Crippen molar-refractivity contribution in [3.8, 4) is 0 Å². The molecule has 0 fully saturated rings. The summed E-state index contributed by atoms with van der Waals surface area (Å²) < 4.78 is 13.6. The van der Waals surface area contributed by atoms with Gasteiger partial charge in [0.15, 0.2) is 0 Å². The summed E-state index contributed by atoms with van der Waals surface area (Å²) in [5.41, 5.74) is 1.59. The van der Waals surface area contributed by atoms with Gasteiger partial charge in [0.2, 0.25) is 0 Å². The maximum Gasteiger partial charge on any atom is 0.137 e. The number of halogens is 5. The molecule has 1 nitrogen and oxygen atoms in total. The third kappa shape index (κ3) is 3.40. The number of nitrogens with one attached hydrogen (secondary N) is 1. The molecule has 0 radical (unpaired) electrons. The molecule has 0 aromatic heterocycles. The Balaban J connectivity index is 2.26. The first kappa shape index (κ1) is 15.9. The molecule has 0 saturated heterocycles. The zero-order chi connectivity index (χ0) is 14.9. The summed E-state index contributed by atoms with van der Waals surface area (Å²) >= 11 is 21.3. The van der Waals surface area contributed by atoms with Crippen LogP contribution in [0.15, 0.2) is 34.8 Å². The molecule has 0 saturated carbocycles. The summed E-state index contributed by atoms with van der Waals surface area (Å²) in [5.74, 6) is -0.309. The van der Waals surface area contributed by atoms with E-state index in [-0.39, 0.29) is 11.9 Å². The highest BCUT2D eigenvalue weighted by molar-refractivity contribution is 9.10. The number of anilines is 1. The summed E-state index contributed by atoms with van der Waals surface area (Å²) in [6.07, 6.45) is 0. The van der Waals surface area contributed by atoms with E-state index in [1.54, 1.807) is 18.2 Å². The Morgan fingerprint density at radius 1 is 1.10 bits per heavy atom. The van der Waals surface area contributed by atoms with Gasteiger partial charge in [0.25, 0.3) is 0 Å². The first-order chi connectivity index (χ1) is 9.40. The number of hydrogen-bond donors (Lipinski definition) is 1. The molecule has 2 aromatic rings. The lowest BCUT2D eigenvalue weighted by Crippen LogP contribution is -2.07. The summed E-state index contributed by atoms with van der Waals surface area (Å²) in [5, 5.41) is 4.40. The van der Waals surface area contributed by atoms with Gasteiger partial charge in [0, 0.05) is 5.69 Å². The Morgan fingerprint density at radius 2 is 1.80 bits per heavy atom. The van der Waals surface area contributed by atoms with E-state index in [4.69, 9.17) is 34.8 Å². The second-order valence-corrected chi connectivity index (χ2v) is 6.28. The highest BCUT2D eigenvalue weighted by Gasteiger charge is 2.14. The first-order valence-electron chi connectivity index (χ1n) is 5.75. The largest absolute Gasteiger partial charge is 0.378 e. The zero-order valence-electron chi connectivity index (χ0n) is 10.4. The van der Waals surface area contributed by atoms with Crippen molar-refractivity contribution in [2.24, 2.45) is 0 Å². The van der Waals surface area contributed by atoms with Gasteiger partial charge < -0.3 is 5.32 Å². The second kappa shape index (κ2) is 6.52. The Hall–Kier alpha value is -0.480. The van der Waals surface area contributed by atoms with Crippen LogP contribution < -0.4 is 5.32 Å². The van der Waals surface area contributed by atoms with Crippen LogP contribution in [0.5, 0.6) is 0 Å². The lowest BCUT2D eigenvalue weighted by atomic mass is 10.1. The van der Waals surface area contributed by atoms with Crippen LogP contribution in [0.3, 0.4) is 0 Å². The zero-order valence-corrected chi connectivity index (χ0v) is 14.2. The molecule has 1 atom stereocenters. The minimum absolute atomic E-state index is 0.102. The fourth-order valence-corrected chi connectivity index (χ4v) is 2.87. The van der Waals surface area contributed by atoms with Gasteiger partial charge in [-0.3, -0.25) is 0 Å². The molecule has 2 aromatic carbocycles. The maximum atomic E-state index is 13.2. The van der Waals surface area contributed by atoms with Gasteiger partial charge in [-0.05, 0) is 52.7 Å². The summed E-state index contributed by atoms with van der Waals surface area (Å²) in [6, 6.07) is 8.11. The van der Waals surface area contributed by atoms with Crippen LogP contribution in [0.25, 0.3) is 0 Å². The molecular weight excluding hydrogens is 387 g/mol. The van der Waals surface area contributed by atoms with E-state index in [0.29, 0.717) is 19.5 Å². The van der Waals surface area contributed by atoms with Crippen LogP contribution in [0.1, 0.15) is 18.5 Å². The Labute approximate surface area is 140 Å². The van der Waals surface area contributed by atoms with Gasteiger partial charge in [-0.2, -0.15) is 0 Å². The van der Waals surface area contributed by atoms with Crippen molar-refractivity contribution >= 4 is 56.4 Å². The van der Waals surface area contributed by atoms with Crippen molar-refractivity contribution in [3.05, 3.63) is 61.3 Å². The van der Waals surface area contributed by atoms with E-state index in [1.807, 2.05) is 13.0 Å². The molecule has 2 rings (SSSR count). The Morgan fingerprint density at radius 3 is 2.45 bits per heavy atom. The molecule has 1 unspecified atom stereocenters. The van der Waals surface area contributed by atoms with Gasteiger partial charge in [0.1, 0.15) is 5.82 Å². The maximum absolute atomic E-state index is 13.2. The molecule has 1 N–H and O–H groups in total. The van der Waals surface area contributed by atoms with Crippen molar-refractivity contribution in [2.45, 2.75) is 13.0 Å². The van der Waals surface area contributed by atoms with Gasteiger partial charge in [-0.1, -0.05) is 40.9 Å². The number of benzene rings is 2. The van der Waals surface area contributed by atoms with Crippen molar-refractivity contribution in [1.29, 1.82) is 0 Å². The second-order valence-electron chi connectivity index (χ2n) is 4.26. The van der Waals surface area contributed by atoms with Crippen LogP contribution in [0.4, 0.5) is 10.1 Å². The minimum Gasteiger partial charge on any atom is -0.378 e. The summed E-state index contributed by atoms with van der Waals surface area (Å²) in [4.78, 5) is 0. The fourth-order valence-electron chi connectivity index (χ4n) is 1.79. The number of hydrogen-bond acceptors (Lipinski definition) is 1. The molecule has 0 aliphatic heterocycles. The highest BCUT2D eigenvalue weighted by Crippen LogP contribution is 2.36. The molecule has 20 heavy (non-hydrogen) atoms. The molecule has 106 valence electrons. The molecule has 0 heterocycles. The lowest BCUT2D eigenvalue weighted by Gasteiger charge is -2.18. The third-order valence-electron chi connectivity index (χ3n) is 2.83. The predicted octanol–water partition coefficient (Wildman–Crippen LogP) is 6.72. The predicted molar refractivity (Wildman–Crippen MR) is 87.6 cm³/mol. The van der Waals surface area contributed by atoms with Gasteiger partial charge in [-0.25, -0.2) is 4.39 Å². The van der Waals surface area contributed by atoms with Crippen molar-refractivity contribution < 1.29 is 4.39 Å². The summed E-state index contributed by atoms with van der Waals surface area (Å²) in [6.45, 7) is 1.93. The quantitative estimate of drug-likeness (QED) is 0.567. The molecular formula is C14H10BrCl3FN. The van der Waals surface area contributed by atoms with Crippen LogP contribution in [-0.4, -0.2) is 0 Å². The van der Waals surface area contributed by atoms with Gasteiger partial charge in [-0.15, -0.1) is 0 Å². The summed E-state index contributed by atoms with van der Waals surface area (Å²) in [7, 11) is 0. The average molecular weight is 398 g/mol. The van der Waals surface area contributed by atoms with E-state index >= 15 is 0 Å². The Bertz CT molecular complexity index is 649. The van der Waals surface area contributed by atoms with E-state index < -0.39 is 0 Å². The third-order valence-corrected chi connectivity index (χ3v) is 4.75. The van der Waals surface area contributed by atoms with Crippen LogP contribution >= 0.6 is 50.7 Å². The smallest absolute Gasteiger partial charge is 0.137 e. The van der Waals surface area contributed by atoms with E-state index in [2.05, 4.69) is 21.2 Å². The monoisotopic (exact) mass is 395 g/mol. The molecule has 6 heteroatoms. The van der Waals surface area contributed by atoms with Crippen LogP contribution in [0, 0.1) is 5.82 Å². The standard InChI is InChI=1S/C14H10BrCl3FN/c1-7(9-3-4-11(16)14(18)13(9)17)20-8-2-5-12(19)10(15)6-8/h2-7,20H,1H3. The molecule has 0 amide bonds.